The number of ether oxygens (including phenoxy) is 4. The monoisotopic (exact) mass is 862 g/mol. The van der Waals surface area contributed by atoms with Crippen molar-refractivity contribution in [2.45, 2.75) is 126 Å². The fourth-order valence-electron chi connectivity index (χ4n) is 8.36. The molecule has 17 heteroatoms. The second kappa shape index (κ2) is 19.6. The quantitative estimate of drug-likeness (QED) is 0.0569. The third-order valence-electron chi connectivity index (χ3n) is 11.8. The molecular weight excluding hydrogens is 809 g/mol. The van der Waals surface area contributed by atoms with Crippen molar-refractivity contribution in [3.63, 3.8) is 0 Å². The number of halogens is 3. The van der Waals surface area contributed by atoms with E-state index < -0.39 is 66.2 Å². The smallest absolute Gasteiger partial charge is 0.408 e. The molecule has 59 heavy (non-hydrogen) atoms. The van der Waals surface area contributed by atoms with Gasteiger partial charge in [0.15, 0.2) is 0 Å². The summed E-state index contributed by atoms with van der Waals surface area (Å²) >= 11 is 6.61. The van der Waals surface area contributed by atoms with E-state index in [1.54, 1.807) is 18.2 Å². The van der Waals surface area contributed by atoms with Crippen LogP contribution in [-0.2, 0) is 25.1 Å². The van der Waals surface area contributed by atoms with Gasteiger partial charge in [0.25, 0.3) is 0 Å². The van der Waals surface area contributed by atoms with Gasteiger partial charge in [-0.3, -0.25) is 9.36 Å². The predicted octanol–water partition coefficient (Wildman–Crippen LogP) is 8.03. The molecule has 3 fully saturated rings. The summed E-state index contributed by atoms with van der Waals surface area (Å²) in [4.78, 5) is 56.4. The molecule has 6 rings (SSSR count). The van der Waals surface area contributed by atoms with Crippen molar-refractivity contribution < 1.29 is 51.6 Å². The van der Waals surface area contributed by atoms with E-state index >= 15 is 0 Å². The van der Waals surface area contributed by atoms with Gasteiger partial charge in [-0.15, -0.1) is 0 Å². The summed E-state index contributed by atoms with van der Waals surface area (Å²) < 4.78 is 64.7. The zero-order chi connectivity index (χ0) is 42.3. The molecule has 3 aromatic rings. The van der Waals surface area contributed by atoms with Crippen molar-refractivity contribution in [1.29, 1.82) is 0 Å². The van der Waals surface area contributed by atoms with Crippen LogP contribution in [0, 0.1) is 17.6 Å². The second-order valence-electron chi connectivity index (χ2n) is 15.8. The van der Waals surface area contributed by atoms with Gasteiger partial charge in [-0.25, -0.2) is 18.6 Å². The van der Waals surface area contributed by atoms with Crippen molar-refractivity contribution in [2.24, 2.45) is 11.7 Å². The van der Waals surface area contributed by atoms with Crippen LogP contribution in [-0.4, -0.2) is 82.9 Å². The highest BCUT2D eigenvalue weighted by Gasteiger charge is 2.62. The van der Waals surface area contributed by atoms with E-state index in [2.05, 4.69) is 10.3 Å². The number of methoxy groups -OCH3 is 1. The van der Waals surface area contributed by atoms with Crippen LogP contribution in [0.5, 0.6) is 17.4 Å². The number of nitrogens with one attached hydrogen (secondary N) is 1. The van der Waals surface area contributed by atoms with Crippen LogP contribution in [0.4, 0.5) is 13.6 Å². The van der Waals surface area contributed by atoms with E-state index in [4.69, 9.17) is 36.3 Å². The number of aldehydes is 1. The summed E-state index contributed by atoms with van der Waals surface area (Å²) in [5.41, 5.74) is 6.31. The molecule has 1 aromatic heterocycles. The first-order chi connectivity index (χ1) is 28.3. The largest absolute Gasteiger partial charge is 0.495 e. The molecule has 0 bridgehead atoms. The van der Waals surface area contributed by atoms with Crippen LogP contribution in [0.3, 0.4) is 0 Å². The number of unbranched alkanes of at least 4 members (excludes halogenated alkanes) is 4. The number of nitrogens with two attached hydrogens (primary N) is 1. The molecule has 1 aliphatic heterocycles. The summed E-state index contributed by atoms with van der Waals surface area (Å²) in [6.07, 6.45) is 7.21. The number of amides is 2. The van der Waals surface area contributed by atoms with Gasteiger partial charge in [0.2, 0.25) is 19.2 Å². The van der Waals surface area contributed by atoms with E-state index in [1.807, 2.05) is 6.92 Å². The SMILES string of the molecule is CCOc1cc(OC2C[C@@H](C=O)N(C(=O)[C@H](CCCCCCC[C@@H]3C[C@]3(N)P(=O)(O)Cc3c(F)cccc3F)NC(=O)OC3CCCC3)C2)c2ccc(OC)c(Cl)c2n1. The van der Waals surface area contributed by atoms with Gasteiger partial charge in [0, 0.05) is 23.4 Å². The summed E-state index contributed by atoms with van der Waals surface area (Å²) in [7, 11) is -2.59. The van der Waals surface area contributed by atoms with Gasteiger partial charge in [-0.2, -0.15) is 0 Å². The van der Waals surface area contributed by atoms with Crippen molar-refractivity contribution in [3.05, 3.63) is 58.6 Å². The molecule has 0 spiro atoms. The molecule has 2 heterocycles. The number of alkyl carbamates (subject to hydrolysis) is 1. The number of carbonyl (C=O) groups excluding carboxylic acids is 3. The Morgan fingerprint density at radius 1 is 1.10 bits per heavy atom. The number of rotatable bonds is 20. The lowest BCUT2D eigenvalue weighted by Crippen LogP contribution is -2.51. The van der Waals surface area contributed by atoms with E-state index in [-0.39, 0.29) is 30.0 Å². The molecule has 1 saturated heterocycles. The molecule has 4 N–H and O–H groups in total. The lowest BCUT2D eigenvalue weighted by Gasteiger charge is -2.27. The summed E-state index contributed by atoms with van der Waals surface area (Å²) in [6.45, 7) is 2.27. The summed E-state index contributed by atoms with van der Waals surface area (Å²) in [5.74, 6) is -1.23. The second-order valence-corrected chi connectivity index (χ2v) is 18.8. The van der Waals surface area contributed by atoms with E-state index in [1.165, 1.54) is 18.1 Å². The van der Waals surface area contributed by atoms with Crippen molar-refractivity contribution in [3.8, 4) is 17.4 Å². The third-order valence-corrected chi connectivity index (χ3v) is 14.7. The third kappa shape index (κ3) is 10.5. The van der Waals surface area contributed by atoms with Crippen molar-refractivity contribution in [1.82, 2.24) is 15.2 Å². The number of benzene rings is 2. The fraction of sp³-hybridized carbons (Fsp3) is 0.571. The molecular formula is C42H54ClF2N4O9P. The summed E-state index contributed by atoms with van der Waals surface area (Å²) in [5, 5.41) is 2.31. The predicted molar refractivity (Wildman–Crippen MR) is 218 cm³/mol. The molecule has 6 atom stereocenters. The minimum absolute atomic E-state index is 0.0928. The first-order valence-electron chi connectivity index (χ1n) is 20.5. The number of pyridine rings is 1. The van der Waals surface area contributed by atoms with Crippen molar-refractivity contribution >= 4 is 48.2 Å². The highest BCUT2D eigenvalue weighted by molar-refractivity contribution is 7.59. The molecule has 2 unspecified atom stereocenters. The fourth-order valence-corrected chi connectivity index (χ4v) is 10.9. The number of hydrogen-bond donors (Lipinski definition) is 3. The summed E-state index contributed by atoms with van der Waals surface area (Å²) in [6, 6.07) is 6.72. The van der Waals surface area contributed by atoms with Gasteiger partial charge in [-0.1, -0.05) is 49.8 Å². The Hall–Kier alpha value is -4.04. The number of likely N-dealkylation sites (tertiary alicyclic amines) is 1. The molecule has 2 saturated carbocycles. The minimum atomic E-state index is -4.09. The maximum atomic E-state index is 14.2. The average molecular weight is 863 g/mol. The molecule has 2 aromatic carbocycles. The van der Waals surface area contributed by atoms with Gasteiger partial charge in [-0.05, 0) is 82.1 Å². The number of aromatic nitrogens is 1. The standard InChI is InChI=1S/C42H54ClF2N4O9P/c1-3-56-37-21-36(30-18-19-35(55-2)38(43)39(30)48-37)57-29-20-27(24-50)49(23-29)40(51)34(47-41(52)58-28-13-9-10-14-28)17-8-6-4-5-7-12-26-22-42(26,46)59(53,54)25-31-32(44)15-11-16-33(31)45/h11,15-16,18-19,21,24,26-29,34H,3-10,12-14,17,20,22-23,25,46H2,1-2H3,(H,47,52)(H,53,54)/t26-,27+,29?,34+,42+/m1/s1. The van der Waals surface area contributed by atoms with Gasteiger partial charge in [0.1, 0.15) is 58.2 Å². The Kier molecular flexibility index (Phi) is 14.8. The zero-order valence-electron chi connectivity index (χ0n) is 33.5. The maximum Gasteiger partial charge on any atom is 0.408 e. The molecule has 0 radical (unpaired) electrons. The average Bonchev–Trinajstić information content (AvgIpc) is 3.48. The Labute approximate surface area is 348 Å². The normalized spacial score (nSPS) is 23.1. The Morgan fingerprint density at radius 2 is 1.81 bits per heavy atom. The topological polar surface area (TPSA) is 180 Å². The Morgan fingerprint density at radius 3 is 2.51 bits per heavy atom. The van der Waals surface area contributed by atoms with Crippen LogP contribution in [0.2, 0.25) is 5.02 Å². The van der Waals surface area contributed by atoms with E-state index in [9.17, 15) is 32.6 Å². The van der Waals surface area contributed by atoms with E-state index in [0.29, 0.717) is 60.6 Å². The number of fused-ring (bicyclic) bond motifs is 1. The zero-order valence-corrected chi connectivity index (χ0v) is 35.2. The lowest BCUT2D eigenvalue weighted by atomic mass is 10.0. The first kappa shape index (κ1) is 44.5. The van der Waals surface area contributed by atoms with Crippen LogP contribution < -0.4 is 25.3 Å². The minimum Gasteiger partial charge on any atom is -0.495 e. The first-order valence-corrected chi connectivity index (χ1v) is 22.7. The molecule has 2 amide bonds. The van der Waals surface area contributed by atoms with Crippen LogP contribution in [0.25, 0.3) is 10.9 Å². The van der Waals surface area contributed by atoms with Crippen LogP contribution in [0.15, 0.2) is 36.4 Å². The molecule has 322 valence electrons. The van der Waals surface area contributed by atoms with Gasteiger partial charge >= 0.3 is 6.09 Å². The molecule has 13 nitrogen and oxygen atoms in total. The highest BCUT2D eigenvalue weighted by Crippen LogP contribution is 2.70. The van der Waals surface area contributed by atoms with Crippen LogP contribution >= 0.6 is 19.0 Å². The molecule has 2 aliphatic carbocycles. The van der Waals surface area contributed by atoms with Gasteiger partial charge < -0.3 is 44.6 Å². The number of carbonyl (C=O) groups is 3. The Bertz CT molecular complexity index is 2020. The van der Waals surface area contributed by atoms with E-state index in [0.717, 1.165) is 69.8 Å². The Balaban J connectivity index is 1.04. The van der Waals surface area contributed by atoms with Gasteiger partial charge in [0.05, 0.1) is 37.7 Å². The van der Waals surface area contributed by atoms with Crippen molar-refractivity contribution in [2.75, 3.05) is 20.3 Å². The molecule has 3 aliphatic rings. The number of hydrogen-bond acceptors (Lipinski definition) is 10. The van der Waals surface area contributed by atoms with Crippen LogP contribution in [0.1, 0.15) is 96.0 Å². The lowest BCUT2D eigenvalue weighted by molar-refractivity contribution is -0.136. The highest BCUT2D eigenvalue weighted by atomic mass is 35.5. The maximum absolute atomic E-state index is 14.2. The number of nitrogens with zero attached hydrogens (tertiary/aromatic N) is 2.